The Bertz CT molecular complexity index is 882. The molecule has 2 rings (SSSR count). The van der Waals surface area contributed by atoms with Crippen LogP contribution in [-0.4, -0.2) is 46.8 Å². The van der Waals surface area contributed by atoms with Crippen LogP contribution in [-0.2, 0) is 14.3 Å². The van der Waals surface area contributed by atoms with Gasteiger partial charge in [0.1, 0.15) is 9.88 Å². The number of anilines is 1. The number of nitrogens with zero attached hydrogens (tertiary/aromatic N) is 2. The Balaban J connectivity index is 2.19. The summed E-state index contributed by atoms with van der Waals surface area (Å²) in [6.07, 6.45) is 1.62. The van der Waals surface area contributed by atoms with Crippen LogP contribution < -0.4 is 5.32 Å². The summed E-state index contributed by atoms with van der Waals surface area (Å²) < 4.78 is 10.1. The zero-order chi connectivity index (χ0) is 20.7. The first kappa shape index (κ1) is 21.8. The molecule has 0 saturated heterocycles. The Hall–Kier alpha value is -2.46. The van der Waals surface area contributed by atoms with Gasteiger partial charge in [-0.25, -0.2) is 19.6 Å². The van der Waals surface area contributed by atoms with Gasteiger partial charge < -0.3 is 14.8 Å². The van der Waals surface area contributed by atoms with Gasteiger partial charge in [-0.3, -0.25) is 4.79 Å². The Kier molecular flexibility index (Phi) is 7.94. The lowest BCUT2D eigenvalue weighted by Gasteiger charge is -2.07. The Labute approximate surface area is 171 Å². The van der Waals surface area contributed by atoms with Crippen molar-refractivity contribution >= 4 is 45.9 Å². The topological polar surface area (TPSA) is 107 Å². The minimum absolute atomic E-state index is 0.0530. The quantitative estimate of drug-likeness (QED) is 0.392. The van der Waals surface area contributed by atoms with Crippen molar-refractivity contribution in [2.24, 2.45) is 0 Å². The molecule has 0 aliphatic carbocycles. The highest BCUT2D eigenvalue weighted by Crippen LogP contribution is 2.34. The van der Waals surface area contributed by atoms with Gasteiger partial charge in [-0.15, -0.1) is 11.3 Å². The number of ether oxygens (including phenoxy) is 2. The molecule has 2 heterocycles. The molecule has 150 valence electrons. The second-order valence-corrected chi connectivity index (χ2v) is 7.48. The third-order valence-corrected chi connectivity index (χ3v) is 5.49. The number of thioether (sulfide) groups is 1. The molecular weight excluding hydrogens is 402 g/mol. The van der Waals surface area contributed by atoms with Gasteiger partial charge in [0.25, 0.3) is 0 Å². The Morgan fingerprint density at radius 2 is 1.82 bits per heavy atom. The fourth-order valence-electron chi connectivity index (χ4n) is 2.23. The van der Waals surface area contributed by atoms with E-state index in [-0.39, 0.29) is 40.3 Å². The maximum atomic E-state index is 12.4. The maximum Gasteiger partial charge on any atom is 0.348 e. The number of esters is 2. The monoisotopic (exact) mass is 423 g/mol. The Morgan fingerprint density at radius 3 is 2.46 bits per heavy atom. The molecule has 0 radical (unpaired) electrons. The van der Waals surface area contributed by atoms with E-state index in [0.29, 0.717) is 10.7 Å². The lowest BCUT2D eigenvalue weighted by molar-refractivity contribution is -0.113. The van der Waals surface area contributed by atoms with Gasteiger partial charge in [0.2, 0.25) is 5.91 Å². The van der Waals surface area contributed by atoms with Gasteiger partial charge in [0.05, 0.1) is 24.5 Å². The first-order valence-corrected chi connectivity index (χ1v) is 10.4. The standard InChI is InChI=1S/C18H21N3O5S2/c1-5-25-16(23)13-11(4)14(17(24)26-6-2)28-15(13)21-12(22)9-27-18-19-8-7-10(3)20-18/h7-8H,5-6,9H2,1-4H3,(H,21,22). The molecule has 1 amide bonds. The third kappa shape index (κ3) is 5.52. The van der Waals surface area contributed by atoms with Crippen LogP contribution >= 0.6 is 23.1 Å². The highest BCUT2D eigenvalue weighted by Gasteiger charge is 2.27. The molecule has 2 aromatic rings. The molecule has 0 bridgehead atoms. The number of hydrogen-bond donors (Lipinski definition) is 1. The van der Waals surface area contributed by atoms with Crippen LogP contribution in [0.1, 0.15) is 45.1 Å². The van der Waals surface area contributed by atoms with Crippen LogP contribution in [0.5, 0.6) is 0 Å². The molecule has 10 heteroatoms. The van der Waals surface area contributed by atoms with Crippen LogP contribution in [0.15, 0.2) is 17.4 Å². The number of aryl methyl sites for hydroxylation is 1. The summed E-state index contributed by atoms with van der Waals surface area (Å²) in [5, 5.41) is 3.43. The molecule has 0 unspecified atom stereocenters. The lowest BCUT2D eigenvalue weighted by Crippen LogP contribution is -2.16. The number of hydrogen-bond acceptors (Lipinski definition) is 9. The molecule has 0 spiro atoms. The van der Waals surface area contributed by atoms with Crippen LogP contribution in [0, 0.1) is 13.8 Å². The number of nitrogens with one attached hydrogen (secondary N) is 1. The summed E-state index contributed by atoms with van der Waals surface area (Å²) in [6, 6.07) is 1.76. The fourth-order valence-corrected chi connectivity index (χ4v) is 4.01. The minimum atomic E-state index is -0.600. The van der Waals surface area contributed by atoms with Gasteiger partial charge in [0.15, 0.2) is 5.16 Å². The molecule has 28 heavy (non-hydrogen) atoms. The number of amides is 1. The van der Waals surface area contributed by atoms with Crippen molar-refractivity contribution in [3.63, 3.8) is 0 Å². The number of thiophene rings is 1. The molecule has 0 fully saturated rings. The van der Waals surface area contributed by atoms with Crippen LogP contribution in [0.4, 0.5) is 5.00 Å². The first-order chi connectivity index (χ1) is 13.4. The van der Waals surface area contributed by atoms with E-state index in [4.69, 9.17) is 9.47 Å². The van der Waals surface area contributed by atoms with Crippen molar-refractivity contribution in [3.05, 3.63) is 34.0 Å². The van der Waals surface area contributed by atoms with E-state index in [0.717, 1.165) is 17.0 Å². The summed E-state index contributed by atoms with van der Waals surface area (Å²) >= 11 is 2.17. The number of rotatable bonds is 8. The van der Waals surface area contributed by atoms with Crippen LogP contribution in [0.2, 0.25) is 0 Å². The first-order valence-electron chi connectivity index (χ1n) is 8.57. The highest BCUT2D eigenvalue weighted by atomic mass is 32.2. The Morgan fingerprint density at radius 1 is 1.14 bits per heavy atom. The normalized spacial score (nSPS) is 10.4. The van der Waals surface area contributed by atoms with Crippen LogP contribution in [0.3, 0.4) is 0 Å². The zero-order valence-corrected chi connectivity index (χ0v) is 17.7. The molecule has 0 aliphatic heterocycles. The van der Waals surface area contributed by atoms with Crippen molar-refractivity contribution in [3.8, 4) is 0 Å². The van der Waals surface area contributed by atoms with E-state index in [9.17, 15) is 14.4 Å². The van der Waals surface area contributed by atoms with Gasteiger partial charge in [-0.05, 0) is 39.3 Å². The molecular formula is C18H21N3O5S2. The van der Waals surface area contributed by atoms with E-state index in [2.05, 4.69) is 15.3 Å². The van der Waals surface area contributed by atoms with Gasteiger partial charge in [-0.2, -0.15) is 0 Å². The molecule has 0 aliphatic rings. The molecule has 0 saturated carbocycles. The summed E-state index contributed by atoms with van der Waals surface area (Å²) in [6.45, 7) is 7.22. The maximum absolute atomic E-state index is 12.4. The lowest BCUT2D eigenvalue weighted by atomic mass is 10.1. The second kappa shape index (κ2) is 10.2. The zero-order valence-electron chi connectivity index (χ0n) is 16.0. The van der Waals surface area contributed by atoms with Crippen LogP contribution in [0.25, 0.3) is 0 Å². The minimum Gasteiger partial charge on any atom is -0.462 e. The largest absolute Gasteiger partial charge is 0.462 e. The van der Waals surface area contributed by atoms with Crippen molar-refractivity contribution in [1.82, 2.24) is 9.97 Å². The highest BCUT2D eigenvalue weighted by molar-refractivity contribution is 7.99. The molecule has 2 aromatic heterocycles. The molecule has 0 aromatic carbocycles. The SMILES string of the molecule is CCOC(=O)c1sc(NC(=O)CSc2nccc(C)n2)c(C(=O)OCC)c1C. The summed E-state index contributed by atoms with van der Waals surface area (Å²) in [5.41, 5.74) is 1.39. The molecule has 0 atom stereocenters. The summed E-state index contributed by atoms with van der Waals surface area (Å²) in [4.78, 5) is 45.4. The van der Waals surface area contributed by atoms with Gasteiger partial charge in [-0.1, -0.05) is 11.8 Å². The van der Waals surface area contributed by atoms with Gasteiger partial charge in [0, 0.05) is 11.9 Å². The number of carbonyl (C=O) groups excluding carboxylic acids is 3. The van der Waals surface area contributed by atoms with E-state index in [1.165, 1.54) is 11.8 Å². The predicted octanol–water partition coefficient (Wildman–Crippen LogP) is 3.24. The van der Waals surface area contributed by atoms with E-state index < -0.39 is 11.9 Å². The van der Waals surface area contributed by atoms with E-state index in [1.54, 1.807) is 33.0 Å². The predicted molar refractivity (Wildman–Crippen MR) is 107 cm³/mol. The third-order valence-electron chi connectivity index (χ3n) is 3.45. The average molecular weight is 424 g/mol. The smallest absolute Gasteiger partial charge is 0.348 e. The van der Waals surface area contributed by atoms with Crippen molar-refractivity contribution < 1.29 is 23.9 Å². The summed E-state index contributed by atoms with van der Waals surface area (Å²) in [5.74, 6) is -1.44. The van der Waals surface area contributed by atoms with Gasteiger partial charge >= 0.3 is 11.9 Å². The fraction of sp³-hybridized carbons (Fsp3) is 0.389. The molecule has 1 N–H and O–H groups in total. The van der Waals surface area contributed by atoms with E-state index in [1.807, 2.05) is 6.92 Å². The number of carbonyl (C=O) groups is 3. The van der Waals surface area contributed by atoms with E-state index >= 15 is 0 Å². The number of aromatic nitrogens is 2. The van der Waals surface area contributed by atoms with Crippen molar-refractivity contribution in [2.75, 3.05) is 24.3 Å². The summed E-state index contributed by atoms with van der Waals surface area (Å²) in [7, 11) is 0. The molecule has 8 nitrogen and oxygen atoms in total. The van der Waals surface area contributed by atoms with Crippen molar-refractivity contribution in [2.45, 2.75) is 32.9 Å². The average Bonchev–Trinajstić information content (AvgIpc) is 2.96. The van der Waals surface area contributed by atoms with Crippen molar-refractivity contribution in [1.29, 1.82) is 0 Å². The second-order valence-electron chi connectivity index (χ2n) is 5.52.